The SMILES string of the molecule is Cn1c(SCc2nnc(-c3ccccc3Cl)o2)nnc1-c1ccccc1F. The van der Waals surface area contributed by atoms with Gasteiger partial charge in [-0.05, 0) is 24.3 Å². The van der Waals surface area contributed by atoms with Crippen molar-refractivity contribution in [1.29, 1.82) is 0 Å². The highest BCUT2D eigenvalue weighted by Gasteiger charge is 2.16. The molecular weight excluding hydrogens is 389 g/mol. The topological polar surface area (TPSA) is 69.6 Å². The lowest BCUT2D eigenvalue weighted by Crippen LogP contribution is -1.96. The molecule has 4 aromatic rings. The average molecular weight is 402 g/mol. The van der Waals surface area contributed by atoms with Crippen LogP contribution in [0, 0.1) is 5.82 Å². The number of aromatic nitrogens is 5. The first-order chi connectivity index (χ1) is 13.1. The third kappa shape index (κ3) is 3.58. The second kappa shape index (κ2) is 7.50. The van der Waals surface area contributed by atoms with Crippen LogP contribution >= 0.6 is 23.4 Å². The molecule has 2 aromatic heterocycles. The molecule has 0 aliphatic heterocycles. The first-order valence-corrected chi connectivity index (χ1v) is 9.34. The molecule has 0 amide bonds. The summed E-state index contributed by atoms with van der Waals surface area (Å²) in [5.74, 6) is 1.32. The van der Waals surface area contributed by atoms with Crippen molar-refractivity contribution in [3.05, 3.63) is 65.3 Å². The van der Waals surface area contributed by atoms with Crippen LogP contribution in [0.4, 0.5) is 4.39 Å². The highest BCUT2D eigenvalue weighted by Crippen LogP contribution is 2.29. The van der Waals surface area contributed by atoms with E-state index in [4.69, 9.17) is 16.0 Å². The molecule has 0 N–H and O–H groups in total. The van der Waals surface area contributed by atoms with Crippen LogP contribution in [0.25, 0.3) is 22.8 Å². The van der Waals surface area contributed by atoms with Gasteiger partial charge >= 0.3 is 0 Å². The maximum atomic E-state index is 14.0. The molecule has 0 radical (unpaired) electrons. The molecule has 6 nitrogen and oxygen atoms in total. The van der Waals surface area contributed by atoms with Gasteiger partial charge in [0.2, 0.25) is 11.8 Å². The Morgan fingerprint density at radius 1 is 1.00 bits per heavy atom. The number of halogens is 2. The average Bonchev–Trinajstić information content (AvgIpc) is 3.28. The Morgan fingerprint density at radius 2 is 1.74 bits per heavy atom. The normalized spacial score (nSPS) is 11.1. The van der Waals surface area contributed by atoms with Crippen LogP contribution in [0.2, 0.25) is 5.02 Å². The van der Waals surface area contributed by atoms with Gasteiger partial charge in [0.25, 0.3) is 0 Å². The molecule has 0 fully saturated rings. The fourth-order valence-corrected chi connectivity index (χ4v) is 3.46. The second-order valence-corrected chi connectivity index (χ2v) is 6.96. The zero-order valence-corrected chi connectivity index (χ0v) is 15.7. The lowest BCUT2D eigenvalue weighted by atomic mass is 10.2. The lowest BCUT2D eigenvalue weighted by molar-refractivity contribution is 0.528. The Bertz CT molecular complexity index is 1100. The van der Waals surface area contributed by atoms with Crippen molar-refractivity contribution in [3.63, 3.8) is 0 Å². The van der Waals surface area contributed by atoms with E-state index in [9.17, 15) is 4.39 Å². The number of nitrogens with zero attached hydrogens (tertiary/aromatic N) is 5. The molecule has 0 spiro atoms. The summed E-state index contributed by atoms with van der Waals surface area (Å²) < 4.78 is 21.4. The number of thioether (sulfide) groups is 1. The van der Waals surface area contributed by atoms with Crippen molar-refractivity contribution in [3.8, 4) is 22.8 Å². The van der Waals surface area contributed by atoms with Crippen LogP contribution in [0.5, 0.6) is 0 Å². The Labute approximate surface area is 163 Å². The van der Waals surface area contributed by atoms with Crippen molar-refractivity contribution in [2.24, 2.45) is 7.05 Å². The molecule has 0 atom stereocenters. The van der Waals surface area contributed by atoms with Gasteiger partial charge in [0.1, 0.15) is 5.82 Å². The number of hydrogen-bond acceptors (Lipinski definition) is 6. The summed E-state index contributed by atoms with van der Waals surface area (Å²) in [6.45, 7) is 0. The lowest BCUT2D eigenvalue weighted by Gasteiger charge is -2.03. The van der Waals surface area contributed by atoms with Gasteiger partial charge in [-0.25, -0.2) is 4.39 Å². The molecule has 0 unspecified atom stereocenters. The molecule has 0 saturated carbocycles. The van der Waals surface area contributed by atoms with E-state index < -0.39 is 0 Å². The maximum Gasteiger partial charge on any atom is 0.249 e. The van der Waals surface area contributed by atoms with Gasteiger partial charge in [-0.15, -0.1) is 20.4 Å². The minimum Gasteiger partial charge on any atom is -0.420 e. The molecule has 136 valence electrons. The third-order valence-electron chi connectivity index (χ3n) is 3.85. The molecule has 9 heteroatoms. The Kier molecular flexibility index (Phi) is 4.91. The van der Waals surface area contributed by atoms with E-state index in [1.807, 2.05) is 18.2 Å². The fourth-order valence-electron chi connectivity index (χ4n) is 2.50. The molecule has 0 aliphatic carbocycles. The predicted molar refractivity (Wildman–Crippen MR) is 101 cm³/mol. The molecule has 2 aromatic carbocycles. The third-order valence-corrected chi connectivity index (χ3v) is 5.18. The van der Waals surface area contributed by atoms with Crippen LogP contribution in [0.15, 0.2) is 58.1 Å². The van der Waals surface area contributed by atoms with Crippen LogP contribution in [-0.2, 0) is 12.8 Å². The summed E-state index contributed by atoms with van der Waals surface area (Å²) in [6, 6.07) is 13.7. The Hall–Kier alpha value is -2.71. The van der Waals surface area contributed by atoms with Gasteiger partial charge < -0.3 is 8.98 Å². The van der Waals surface area contributed by atoms with E-state index in [2.05, 4.69) is 20.4 Å². The van der Waals surface area contributed by atoms with Gasteiger partial charge in [-0.2, -0.15) is 0 Å². The quantitative estimate of drug-likeness (QED) is 0.454. The summed E-state index contributed by atoms with van der Waals surface area (Å²) >= 11 is 7.52. The van der Waals surface area contributed by atoms with Crippen molar-refractivity contribution in [1.82, 2.24) is 25.0 Å². The number of rotatable bonds is 5. The second-order valence-electron chi connectivity index (χ2n) is 5.61. The fraction of sp³-hybridized carbons (Fsp3) is 0.111. The van der Waals surface area contributed by atoms with Crippen LogP contribution in [0.3, 0.4) is 0 Å². The molecule has 2 heterocycles. The predicted octanol–water partition coefficient (Wildman–Crippen LogP) is 4.62. The molecule has 0 aliphatic rings. The molecule has 4 rings (SSSR count). The Balaban J connectivity index is 1.51. The number of benzene rings is 2. The van der Waals surface area contributed by atoms with Gasteiger partial charge in [-0.3, -0.25) is 0 Å². The summed E-state index contributed by atoms with van der Waals surface area (Å²) in [4.78, 5) is 0. The summed E-state index contributed by atoms with van der Waals surface area (Å²) in [7, 11) is 1.78. The van der Waals surface area contributed by atoms with E-state index in [1.165, 1.54) is 17.8 Å². The van der Waals surface area contributed by atoms with Crippen LogP contribution < -0.4 is 0 Å². The summed E-state index contributed by atoms with van der Waals surface area (Å²) in [5.41, 5.74) is 1.08. The largest absolute Gasteiger partial charge is 0.420 e. The van der Waals surface area contributed by atoms with Crippen molar-refractivity contribution >= 4 is 23.4 Å². The van der Waals surface area contributed by atoms with E-state index in [-0.39, 0.29) is 5.82 Å². The first-order valence-electron chi connectivity index (χ1n) is 7.98. The van der Waals surface area contributed by atoms with Crippen LogP contribution in [-0.4, -0.2) is 25.0 Å². The minimum atomic E-state index is -0.342. The van der Waals surface area contributed by atoms with Gasteiger partial charge in [0.15, 0.2) is 11.0 Å². The Morgan fingerprint density at radius 3 is 2.52 bits per heavy atom. The van der Waals surface area contributed by atoms with Gasteiger partial charge in [0.05, 0.1) is 21.9 Å². The molecule has 0 saturated heterocycles. The van der Waals surface area contributed by atoms with Gasteiger partial charge in [-0.1, -0.05) is 47.6 Å². The maximum absolute atomic E-state index is 14.0. The molecule has 27 heavy (non-hydrogen) atoms. The monoisotopic (exact) mass is 401 g/mol. The van der Waals surface area contributed by atoms with Gasteiger partial charge in [0, 0.05) is 7.05 Å². The molecular formula is C18H13ClFN5OS. The standard InChI is InChI=1S/C18H13ClFN5OS/c1-25-16(12-7-3-5-9-14(12)20)22-24-18(25)27-10-15-21-23-17(26-15)11-6-2-4-8-13(11)19/h2-9H,10H2,1H3. The van der Waals surface area contributed by atoms with E-state index in [1.54, 1.807) is 35.9 Å². The van der Waals surface area contributed by atoms with E-state index in [0.29, 0.717) is 44.7 Å². The van der Waals surface area contributed by atoms with Crippen LogP contribution in [0.1, 0.15) is 5.89 Å². The van der Waals surface area contributed by atoms with E-state index in [0.717, 1.165) is 0 Å². The van der Waals surface area contributed by atoms with Crippen molar-refractivity contribution in [2.75, 3.05) is 0 Å². The highest BCUT2D eigenvalue weighted by atomic mass is 35.5. The minimum absolute atomic E-state index is 0.342. The molecule has 0 bridgehead atoms. The smallest absolute Gasteiger partial charge is 0.249 e. The zero-order chi connectivity index (χ0) is 18.8. The first kappa shape index (κ1) is 17.7. The summed E-state index contributed by atoms with van der Waals surface area (Å²) in [6.07, 6.45) is 0. The van der Waals surface area contributed by atoms with Crippen molar-refractivity contribution in [2.45, 2.75) is 10.9 Å². The zero-order valence-electron chi connectivity index (χ0n) is 14.1. The number of hydrogen-bond donors (Lipinski definition) is 0. The summed E-state index contributed by atoms with van der Waals surface area (Å²) in [5, 5.41) is 17.5. The van der Waals surface area contributed by atoms with Crippen molar-refractivity contribution < 1.29 is 8.81 Å². The highest BCUT2D eigenvalue weighted by molar-refractivity contribution is 7.98. The van der Waals surface area contributed by atoms with E-state index >= 15 is 0 Å².